The number of halogens is 2. The molecule has 6 nitrogen and oxygen atoms in total. The number of carbonyl (C=O) groups is 1. The number of carbonyl (C=O) groups excluding carboxylic acids is 1. The van der Waals surface area contributed by atoms with Crippen molar-refractivity contribution < 1.29 is 4.79 Å². The summed E-state index contributed by atoms with van der Waals surface area (Å²) in [5.74, 6) is 0.413. The number of aromatic nitrogens is 3. The molecule has 3 aromatic carbocycles. The van der Waals surface area contributed by atoms with E-state index in [4.69, 9.17) is 23.2 Å². The first-order valence-electron chi connectivity index (χ1n) is 9.90. The molecular formula is C24H17Cl2N5O. The molecular weight excluding hydrogens is 445 g/mol. The van der Waals surface area contributed by atoms with E-state index in [1.807, 2.05) is 54.6 Å². The lowest BCUT2D eigenvalue weighted by Crippen LogP contribution is -2.20. The number of hydrogen-bond acceptors (Lipinski definition) is 4. The zero-order valence-corrected chi connectivity index (χ0v) is 18.2. The minimum atomic E-state index is -0.316. The Hall–Kier alpha value is -3.61. The molecule has 0 aliphatic carbocycles. The summed E-state index contributed by atoms with van der Waals surface area (Å²) < 4.78 is 1.74. The molecule has 1 atom stereocenters. The summed E-state index contributed by atoms with van der Waals surface area (Å²) in [4.78, 5) is 17.1. The number of rotatable bonds is 4. The summed E-state index contributed by atoms with van der Waals surface area (Å²) in [5, 5.41) is 11.9. The van der Waals surface area contributed by atoms with Gasteiger partial charge >= 0.3 is 0 Å². The van der Waals surface area contributed by atoms with Gasteiger partial charge in [-0.05, 0) is 53.6 Å². The van der Waals surface area contributed by atoms with Crippen LogP contribution in [-0.2, 0) is 0 Å². The SMILES string of the molecule is O=C(Nc1nc2n(n1)C(c1ccc(Cl)cc1)C=C(c1ccccc1)N2)c1ccc(Cl)cc1. The lowest BCUT2D eigenvalue weighted by Gasteiger charge is -2.24. The van der Waals surface area contributed by atoms with Crippen LogP contribution in [0.25, 0.3) is 5.70 Å². The van der Waals surface area contributed by atoms with Crippen LogP contribution in [0.2, 0.25) is 10.0 Å². The third-order valence-electron chi connectivity index (χ3n) is 5.09. The molecule has 0 spiro atoms. The summed E-state index contributed by atoms with van der Waals surface area (Å²) in [7, 11) is 0. The van der Waals surface area contributed by atoms with Gasteiger partial charge in [-0.15, -0.1) is 5.10 Å². The number of benzene rings is 3. The zero-order valence-electron chi connectivity index (χ0n) is 16.7. The number of allylic oxidation sites excluding steroid dienone is 1. The highest BCUT2D eigenvalue weighted by molar-refractivity contribution is 6.30. The fraction of sp³-hybridized carbons (Fsp3) is 0.0417. The molecule has 8 heteroatoms. The molecule has 5 rings (SSSR count). The Morgan fingerprint density at radius 3 is 2.25 bits per heavy atom. The van der Waals surface area contributed by atoms with Gasteiger partial charge in [0.1, 0.15) is 6.04 Å². The number of nitrogens with zero attached hydrogens (tertiary/aromatic N) is 3. The van der Waals surface area contributed by atoms with Crippen molar-refractivity contribution in [3.8, 4) is 0 Å². The van der Waals surface area contributed by atoms with Crippen LogP contribution in [0.4, 0.5) is 11.9 Å². The Bertz CT molecular complexity index is 1300. The molecule has 2 N–H and O–H groups in total. The van der Waals surface area contributed by atoms with Crippen LogP contribution < -0.4 is 10.6 Å². The van der Waals surface area contributed by atoms with Gasteiger partial charge in [-0.25, -0.2) is 4.68 Å². The fourth-order valence-electron chi connectivity index (χ4n) is 3.50. The second-order valence-electron chi connectivity index (χ2n) is 7.23. The van der Waals surface area contributed by atoms with Crippen LogP contribution in [0.5, 0.6) is 0 Å². The molecule has 4 aromatic rings. The molecule has 32 heavy (non-hydrogen) atoms. The average molecular weight is 462 g/mol. The molecule has 0 saturated heterocycles. The lowest BCUT2D eigenvalue weighted by molar-refractivity contribution is 0.102. The van der Waals surface area contributed by atoms with Crippen LogP contribution in [-0.4, -0.2) is 20.7 Å². The van der Waals surface area contributed by atoms with Gasteiger partial charge in [-0.1, -0.05) is 65.7 Å². The van der Waals surface area contributed by atoms with E-state index in [-0.39, 0.29) is 17.9 Å². The second kappa shape index (κ2) is 8.49. The number of nitrogens with one attached hydrogen (secondary N) is 2. The third-order valence-corrected chi connectivity index (χ3v) is 5.60. The van der Waals surface area contributed by atoms with Crippen LogP contribution in [0.1, 0.15) is 27.5 Å². The molecule has 0 saturated carbocycles. The van der Waals surface area contributed by atoms with E-state index in [0.29, 0.717) is 21.6 Å². The number of fused-ring (bicyclic) bond motifs is 1. The lowest BCUT2D eigenvalue weighted by atomic mass is 10.0. The maximum absolute atomic E-state index is 12.6. The maximum Gasteiger partial charge on any atom is 0.258 e. The van der Waals surface area contributed by atoms with E-state index < -0.39 is 0 Å². The Kier molecular flexibility index (Phi) is 5.39. The van der Waals surface area contributed by atoms with E-state index in [9.17, 15) is 4.79 Å². The fourth-order valence-corrected chi connectivity index (χ4v) is 3.76. The number of amides is 1. The molecule has 0 bridgehead atoms. The normalized spacial score (nSPS) is 14.8. The Balaban J connectivity index is 1.50. The minimum absolute atomic E-state index is 0.203. The topological polar surface area (TPSA) is 71.8 Å². The number of anilines is 2. The van der Waals surface area contributed by atoms with E-state index in [2.05, 4.69) is 26.8 Å². The molecule has 1 amide bonds. The second-order valence-corrected chi connectivity index (χ2v) is 8.11. The molecule has 158 valence electrons. The van der Waals surface area contributed by atoms with Crippen molar-refractivity contribution in [1.29, 1.82) is 0 Å². The van der Waals surface area contributed by atoms with Crippen molar-refractivity contribution >= 4 is 46.7 Å². The average Bonchev–Trinajstić information content (AvgIpc) is 3.22. The van der Waals surface area contributed by atoms with Crippen molar-refractivity contribution in [2.75, 3.05) is 10.6 Å². The van der Waals surface area contributed by atoms with Crippen LogP contribution in [0.15, 0.2) is 84.9 Å². The monoisotopic (exact) mass is 461 g/mol. The van der Waals surface area contributed by atoms with Gasteiger partial charge < -0.3 is 5.32 Å². The summed E-state index contributed by atoms with van der Waals surface area (Å²) in [5.41, 5.74) is 3.38. The summed E-state index contributed by atoms with van der Waals surface area (Å²) in [6.07, 6.45) is 2.07. The van der Waals surface area contributed by atoms with Crippen molar-refractivity contribution in [2.45, 2.75) is 6.04 Å². The Labute approximate surface area is 194 Å². The van der Waals surface area contributed by atoms with Crippen LogP contribution in [0.3, 0.4) is 0 Å². The largest absolute Gasteiger partial charge is 0.324 e. The smallest absolute Gasteiger partial charge is 0.258 e. The predicted octanol–water partition coefficient (Wildman–Crippen LogP) is 5.89. The van der Waals surface area contributed by atoms with Crippen LogP contribution >= 0.6 is 23.2 Å². The first kappa shape index (κ1) is 20.3. The standard InChI is InChI=1S/C24H17Cl2N5O/c25-18-10-6-16(7-11-18)21-14-20(15-4-2-1-3-5-15)27-24-29-23(30-31(21)24)28-22(32)17-8-12-19(26)13-9-17/h1-14,21H,(H2,27,28,29,30,32). The molecule has 1 aliphatic rings. The highest BCUT2D eigenvalue weighted by Gasteiger charge is 2.26. The molecule has 0 fully saturated rings. The summed E-state index contributed by atoms with van der Waals surface area (Å²) >= 11 is 12.0. The first-order chi connectivity index (χ1) is 15.6. The van der Waals surface area contributed by atoms with Gasteiger partial charge in [-0.2, -0.15) is 4.98 Å². The maximum atomic E-state index is 12.6. The third kappa shape index (κ3) is 4.10. The van der Waals surface area contributed by atoms with Gasteiger partial charge in [0.15, 0.2) is 0 Å². The minimum Gasteiger partial charge on any atom is -0.324 e. The van der Waals surface area contributed by atoms with Gasteiger partial charge in [0, 0.05) is 21.3 Å². The highest BCUT2D eigenvalue weighted by atomic mass is 35.5. The highest BCUT2D eigenvalue weighted by Crippen LogP contribution is 2.33. The van der Waals surface area contributed by atoms with Gasteiger partial charge in [0.05, 0.1) is 0 Å². The van der Waals surface area contributed by atoms with Gasteiger partial charge in [0.2, 0.25) is 5.95 Å². The summed E-state index contributed by atoms with van der Waals surface area (Å²) in [6, 6.07) is 24.0. The predicted molar refractivity (Wildman–Crippen MR) is 127 cm³/mol. The molecule has 1 aromatic heterocycles. The number of hydrogen-bond donors (Lipinski definition) is 2. The van der Waals surface area contributed by atoms with Crippen molar-refractivity contribution in [1.82, 2.24) is 14.8 Å². The van der Waals surface area contributed by atoms with Gasteiger partial charge in [0.25, 0.3) is 11.9 Å². The van der Waals surface area contributed by atoms with Gasteiger partial charge in [-0.3, -0.25) is 10.1 Å². The first-order valence-corrected chi connectivity index (χ1v) is 10.7. The Morgan fingerprint density at radius 2 is 1.56 bits per heavy atom. The molecule has 1 unspecified atom stereocenters. The van der Waals surface area contributed by atoms with E-state index >= 15 is 0 Å². The van der Waals surface area contributed by atoms with E-state index in [1.165, 1.54) is 0 Å². The molecule has 1 aliphatic heterocycles. The summed E-state index contributed by atoms with van der Waals surface area (Å²) in [6.45, 7) is 0. The van der Waals surface area contributed by atoms with Crippen LogP contribution in [0, 0.1) is 0 Å². The van der Waals surface area contributed by atoms with E-state index in [1.54, 1.807) is 28.9 Å². The quantitative estimate of drug-likeness (QED) is 0.397. The van der Waals surface area contributed by atoms with E-state index in [0.717, 1.165) is 16.8 Å². The van der Waals surface area contributed by atoms with Crippen molar-refractivity contribution in [2.24, 2.45) is 0 Å². The molecule has 0 radical (unpaired) electrons. The molecule has 2 heterocycles. The Morgan fingerprint density at radius 1 is 0.906 bits per heavy atom. The zero-order chi connectivity index (χ0) is 22.1. The van der Waals surface area contributed by atoms with Crippen molar-refractivity contribution in [3.05, 3.63) is 112 Å². The van der Waals surface area contributed by atoms with Crippen molar-refractivity contribution in [3.63, 3.8) is 0 Å².